The molecule has 2 aromatic carbocycles. The van der Waals surface area contributed by atoms with Gasteiger partial charge in [0.1, 0.15) is 5.75 Å². The summed E-state index contributed by atoms with van der Waals surface area (Å²) in [6.45, 7) is 0. The van der Waals surface area contributed by atoms with Gasteiger partial charge in [-0.25, -0.2) is 0 Å². The van der Waals surface area contributed by atoms with Gasteiger partial charge in [-0.3, -0.25) is 4.79 Å². The summed E-state index contributed by atoms with van der Waals surface area (Å²) in [6, 6.07) is 7.44. The summed E-state index contributed by atoms with van der Waals surface area (Å²) >= 11 is 21.0. The van der Waals surface area contributed by atoms with Gasteiger partial charge in [0, 0.05) is 9.50 Å². The first-order valence-electron chi connectivity index (χ1n) is 5.33. The van der Waals surface area contributed by atoms with Gasteiger partial charge in [-0.05, 0) is 46.3 Å². The summed E-state index contributed by atoms with van der Waals surface area (Å²) in [5, 5.41) is 13.1. The first kappa shape index (κ1) is 15.4. The van der Waals surface area contributed by atoms with Crippen molar-refractivity contribution in [1.82, 2.24) is 0 Å². The van der Waals surface area contributed by atoms with Crippen LogP contribution in [0.25, 0.3) is 0 Å². The van der Waals surface area contributed by atoms with E-state index in [4.69, 9.17) is 34.8 Å². The molecule has 2 aromatic rings. The standard InChI is InChI=1S/C13H7BrCl3NO2/c14-8-2-3-9(12(17)11(8)16)18-13(20)7-5-6(15)1-4-10(7)19/h1-5,19H,(H,18,20). The number of hydrogen-bond donors (Lipinski definition) is 2. The van der Waals surface area contributed by atoms with Gasteiger partial charge in [-0.2, -0.15) is 0 Å². The van der Waals surface area contributed by atoms with E-state index in [1.54, 1.807) is 12.1 Å². The van der Waals surface area contributed by atoms with E-state index >= 15 is 0 Å². The summed E-state index contributed by atoms with van der Waals surface area (Å²) in [5.74, 6) is -0.712. The van der Waals surface area contributed by atoms with E-state index in [1.165, 1.54) is 18.2 Å². The molecule has 0 fully saturated rings. The molecule has 0 bridgehead atoms. The van der Waals surface area contributed by atoms with E-state index < -0.39 is 5.91 Å². The maximum atomic E-state index is 12.1. The lowest BCUT2D eigenvalue weighted by Crippen LogP contribution is -2.12. The Morgan fingerprint density at radius 3 is 2.50 bits per heavy atom. The SMILES string of the molecule is O=C(Nc1ccc(Br)c(Cl)c1Cl)c1cc(Cl)ccc1O. The summed E-state index contributed by atoms with van der Waals surface area (Å²) in [6.07, 6.45) is 0. The second-order valence-corrected chi connectivity index (χ2v) is 5.89. The normalized spacial score (nSPS) is 10.4. The maximum Gasteiger partial charge on any atom is 0.259 e. The summed E-state index contributed by atoms with van der Waals surface area (Å²) in [5.41, 5.74) is 0.386. The molecule has 0 aliphatic carbocycles. The van der Waals surface area contributed by atoms with E-state index in [1.807, 2.05) is 0 Å². The van der Waals surface area contributed by atoms with Crippen molar-refractivity contribution >= 4 is 62.3 Å². The van der Waals surface area contributed by atoms with Gasteiger partial charge in [0.25, 0.3) is 5.91 Å². The highest BCUT2D eigenvalue weighted by Gasteiger charge is 2.15. The molecule has 0 heterocycles. The van der Waals surface area contributed by atoms with Gasteiger partial charge in [0.05, 0.1) is 21.3 Å². The van der Waals surface area contributed by atoms with Crippen LogP contribution in [-0.2, 0) is 0 Å². The average Bonchev–Trinajstić information content (AvgIpc) is 2.42. The van der Waals surface area contributed by atoms with Crippen molar-refractivity contribution in [2.24, 2.45) is 0 Å². The van der Waals surface area contributed by atoms with Crippen LogP contribution in [0.3, 0.4) is 0 Å². The van der Waals surface area contributed by atoms with Crippen molar-refractivity contribution in [2.75, 3.05) is 5.32 Å². The molecule has 0 spiro atoms. The number of amides is 1. The zero-order chi connectivity index (χ0) is 14.9. The molecule has 0 saturated heterocycles. The smallest absolute Gasteiger partial charge is 0.259 e. The molecular formula is C13H7BrCl3NO2. The minimum Gasteiger partial charge on any atom is -0.507 e. The van der Waals surface area contributed by atoms with E-state index in [9.17, 15) is 9.90 Å². The van der Waals surface area contributed by atoms with Gasteiger partial charge in [0.2, 0.25) is 0 Å². The quantitative estimate of drug-likeness (QED) is 0.672. The van der Waals surface area contributed by atoms with Gasteiger partial charge < -0.3 is 10.4 Å². The largest absolute Gasteiger partial charge is 0.507 e. The Balaban J connectivity index is 2.33. The van der Waals surface area contributed by atoms with Crippen LogP contribution in [0.2, 0.25) is 15.1 Å². The Morgan fingerprint density at radius 2 is 1.80 bits per heavy atom. The van der Waals surface area contributed by atoms with Crippen LogP contribution in [0.1, 0.15) is 10.4 Å². The van der Waals surface area contributed by atoms with E-state index in [0.29, 0.717) is 20.2 Å². The highest BCUT2D eigenvalue weighted by molar-refractivity contribution is 9.10. The van der Waals surface area contributed by atoms with Crippen LogP contribution in [0.4, 0.5) is 5.69 Å². The molecule has 0 saturated carbocycles. The lowest BCUT2D eigenvalue weighted by molar-refractivity contribution is 0.102. The number of carbonyl (C=O) groups excluding carboxylic acids is 1. The molecule has 7 heteroatoms. The maximum absolute atomic E-state index is 12.1. The number of aromatic hydroxyl groups is 1. The molecule has 0 aliphatic rings. The van der Waals surface area contributed by atoms with Crippen molar-refractivity contribution in [3.8, 4) is 5.75 Å². The Labute approximate surface area is 138 Å². The fraction of sp³-hybridized carbons (Fsp3) is 0. The molecule has 0 aromatic heterocycles. The van der Waals surface area contributed by atoms with Crippen molar-refractivity contribution in [1.29, 1.82) is 0 Å². The minimum absolute atomic E-state index is 0.0487. The Morgan fingerprint density at radius 1 is 1.10 bits per heavy atom. The average molecular weight is 395 g/mol. The van der Waals surface area contributed by atoms with Gasteiger partial charge in [-0.15, -0.1) is 0 Å². The topological polar surface area (TPSA) is 49.3 Å². The fourth-order valence-electron chi connectivity index (χ4n) is 1.50. The number of phenols is 1. The lowest BCUT2D eigenvalue weighted by Gasteiger charge is -2.10. The number of nitrogens with one attached hydrogen (secondary N) is 1. The molecule has 2 N–H and O–H groups in total. The lowest BCUT2D eigenvalue weighted by atomic mass is 10.2. The molecule has 3 nitrogen and oxygen atoms in total. The van der Waals surface area contributed by atoms with Gasteiger partial charge in [0.15, 0.2) is 0 Å². The number of phenolic OH excluding ortho intramolecular Hbond substituents is 1. The van der Waals surface area contributed by atoms with Gasteiger partial charge >= 0.3 is 0 Å². The van der Waals surface area contributed by atoms with Crippen molar-refractivity contribution in [3.05, 3.63) is 55.4 Å². The van der Waals surface area contributed by atoms with E-state index in [0.717, 1.165) is 0 Å². The third-order valence-electron chi connectivity index (χ3n) is 2.49. The number of halogens is 4. The Bertz CT molecular complexity index is 692. The summed E-state index contributed by atoms with van der Waals surface area (Å²) in [7, 11) is 0. The Kier molecular flexibility index (Phi) is 4.81. The van der Waals surface area contributed by atoms with Crippen LogP contribution in [-0.4, -0.2) is 11.0 Å². The highest BCUT2D eigenvalue weighted by atomic mass is 79.9. The Hall–Kier alpha value is -0.940. The molecule has 2 rings (SSSR count). The zero-order valence-corrected chi connectivity index (χ0v) is 13.6. The molecule has 1 amide bonds. The fourth-order valence-corrected chi connectivity index (χ4v) is 2.50. The summed E-state index contributed by atoms with van der Waals surface area (Å²) < 4.78 is 0.618. The van der Waals surface area contributed by atoms with Crippen LogP contribution in [0.15, 0.2) is 34.8 Å². The van der Waals surface area contributed by atoms with E-state index in [2.05, 4.69) is 21.2 Å². The summed E-state index contributed by atoms with van der Waals surface area (Å²) in [4.78, 5) is 12.1. The molecule has 0 atom stereocenters. The van der Waals surface area contributed by atoms with Crippen molar-refractivity contribution in [3.63, 3.8) is 0 Å². The van der Waals surface area contributed by atoms with Crippen LogP contribution < -0.4 is 5.32 Å². The third kappa shape index (κ3) is 3.20. The number of benzene rings is 2. The molecule has 104 valence electrons. The first-order chi connectivity index (χ1) is 9.40. The molecule has 0 unspecified atom stereocenters. The zero-order valence-electron chi connectivity index (χ0n) is 9.75. The number of carbonyl (C=O) groups is 1. The molecular weight excluding hydrogens is 388 g/mol. The number of hydrogen-bond acceptors (Lipinski definition) is 2. The van der Waals surface area contributed by atoms with E-state index in [-0.39, 0.29) is 16.3 Å². The predicted octanol–water partition coefficient (Wildman–Crippen LogP) is 5.37. The van der Waals surface area contributed by atoms with Crippen molar-refractivity contribution < 1.29 is 9.90 Å². The second kappa shape index (κ2) is 6.22. The van der Waals surface area contributed by atoms with Crippen LogP contribution in [0, 0.1) is 0 Å². The molecule has 0 aliphatic heterocycles. The molecule has 0 radical (unpaired) electrons. The first-order valence-corrected chi connectivity index (χ1v) is 7.26. The van der Waals surface area contributed by atoms with Crippen LogP contribution in [0.5, 0.6) is 5.75 Å². The third-order valence-corrected chi connectivity index (χ3v) is 4.49. The second-order valence-electron chi connectivity index (χ2n) is 3.84. The van der Waals surface area contributed by atoms with Crippen LogP contribution >= 0.6 is 50.7 Å². The monoisotopic (exact) mass is 393 g/mol. The number of rotatable bonds is 2. The van der Waals surface area contributed by atoms with Gasteiger partial charge in [-0.1, -0.05) is 34.8 Å². The minimum atomic E-state index is -0.537. The molecule has 20 heavy (non-hydrogen) atoms. The predicted molar refractivity (Wildman–Crippen MR) is 85.2 cm³/mol. The highest BCUT2D eigenvalue weighted by Crippen LogP contribution is 2.36. The number of anilines is 1. The van der Waals surface area contributed by atoms with Crippen molar-refractivity contribution in [2.45, 2.75) is 0 Å².